The highest BCUT2D eigenvalue weighted by Crippen LogP contribution is 2.18. The fourth-order valence-corrected chi connectivity index (χ4v) is 2.36. The Labute approximate surface area is 118 Å². The van der Waals surface area contributed by atoms with Crippen molar-refractivity contribution in [1.82, 2.24) is 0 Å². The molecule has 1 heterocycles. The number of hydrogen-bond acceptors (Lipinski definition) is 2. The first kappa shape index (κ1) is 13.6. The molecule has 100 valence electrons. The number of nitrogens with two attached hydrogens (primary N) is 1. The molecule has 0 aliphatic heterocycles. The van der Waals surface area contributed by atoms with Crippen molar-refractivity contribution in [3.63, 3.8) is 0 Å². The first-order chi connectivity index (χ1) is 9.15. The summed E-state index contributed by atoms with van der Waals surface area (Å²) in [4.78, 5) is 5.54. The molecule has 0 saturated carbocycles. The van der Waals surface area contributed by atoms with Crippen LogP contribution in [0.2, 0.25) is 0 Å². The van der Waals surface area contributed by atoms with E-state index in [0.717, 1.165) is 5.69 Å². The zero-order chi connectivity index (χ0) is 13.7. The first-order valence-corrected chi connectivity index (χ1v) is 7.22. The Hall–Kier alpha value is -1.81. The van der Waals surface area contributed by atoms with Crippen LogP contribution in [-0.4, -0.2) is 5.96 Å². The van der Waals surface area contributed by atoms with Gasteiger partial charge in [0.25, 0.3) is 0 Å². The number of nitrogens with zero attached hydrogens (tertiary/aromatic N) is 1. The van der Waals surface area contributed by atoms with Crippen LogP contribution >= 0.6 is 11.3 Å². The van der Waals surface area contributed by atoms with Gasteiger partial charge >= 0.3 is 0 Å². The summed E-state index contributed by atoms with van der Waals surface area (Å²) in [6, 6.07) is 12.3. The summed E-state index contributed by atoms with van der Waals surface area (Å²) in [5.41, 5.74) is 8.16. The van der Waals surface area contributed by atoms with E-state index in [1.165, 1.54) is 10.4 Å². The van der Waals surface area contributed by atoms with Gasteiger partial charge in [0.2, 0.25) is 0 Å². The molecule has 19 heavy (non-hydrogen) atoms. The standard InChI is InChI=1S/C15H19N3S/c1-11(2)12-5-3-6-13(9-12)18-15(16)17-10-14-7-4-8-19-14/h3-9,11H,10H2,1-2H3,(H3,16,17,18). The van der Waals surface area contributed by atoms with Crippen LogP contribution in [0.3, 0.4) is 0 Å². The van der Waals surface area contributed by atoms with Gasteiger partial charge in [-0.25, -0.2) is 4.99 Å². The smallest absolute Gasteiger partial charge is 0.193 e. The third-order valence-electron chi connectivity index (χ3n) is 2.81. The van der Waals surface area contributed by atoms with Crippen molar-refractivity contribution in [1.29, 1.82) is 0 Å². The van der Waals surface area contributed by atoms with E-state index in [4.69, 9.17) is 5.73 Å². The normalized spacial score (nSPS) is 11.8. The largest absolute Gasteiger partial charge is 0.370 e. The second kappa shape index (κ2) is 6.38. The summed E-state index contributed by atoms with van der Waals surface area (Å²) >= 11 is 1.69. The average Bonchev–Trinajstić information content (AvgIpc) is 2.90. The molecule has 0 saturated heterocycles. The van der Waals surface area contributed by atoms with Crippen LogP contribution in [0.1, 0.15) is 30.2 Å². The van der Waals surface area contributed by atoms with E-state index in [1.807, 2.05) is 23.6 Å². The summed E-state index contributed by atoms with van der Waals surface area (Å²) in [6.07, 6.45) is 0. The number of hydrogen-bond donors (Lipinski definition) is 2. The van der Waals surface area contributed by atoms with Gasteiger partial charge in [-0.15, -0.1) is 11.3 Å². The van der Waals surface area contributed by atoms with Crippen LogP contribution in [0.5, 0.6) is 0 Å². The van der Waals surface area contributed by atoms with Crippen LogP contribution in [0, 0.1) is 0 Å². The predicted octanol–water partition coefficient (Wildman–Crippen LogP) is 3.80. The molecule has 0 radical (unpaired) electrons. The fourth-order valence-electron chi connectivity index (χ4n) is 1.73. The van der Waals surface area contributed by atoms with Crippen molar-refractivity contribution in [3.05, 3.63) is 52.2 Å². The molecule has 3 N–H and O–H groups in total. The van der Waals surface area contributed by atoms with Gasteiger partial charge in [0.1, 0.15) is 0 Å². The van der Waals surface area contributed by atoms with Gasteiger partial charge in [0.05, 0.1) is 6.54 Å². The van der Waals surface area contributed by atoms with E-state index in [2.05, 4.69) is 42.4 Å². The van der Waals surface area contributed by atoms with E-state index in [1.54, 1.807) is 11.3 Å². The molecule has 3 nitrogen and oxygen atoms in total. The number of rotatable bonds is 4. The summed E-state index contributed by atoms with van der Waals surface area (Å²) < 4.78 is 0. The third-order valence-corrected chi connectivity index (χ3v) is 3.67. The Morgan fingerprint density at radius 2 is 2.16 bits per heavy atom. The maximum absolute atomic E-state index is 5.89. The first-order valence-electron chi connectivity index (χ1n) is 6.34. The van der Waals surface area contributed by atoms with Crippen molar-refractivity contribution >= 4 is 23.0 Å². The highest BCUT2D eigenvalue weighted by molar-refractivity contribution is 7.09. The monoisotopic (exact) mass is 273 g/mol. The molecule has 0 amide bonds. The van der Waals surface area contributed by atoms with Gasteiger partial charge in [0.15, 0.2) is 5.96 Å². The van der Waals surface area contributed by atoms with Gasteiger partial charge in [-0.1, -0.05) is 32.0 Å². The van der Waals surface area contributed by atoms with Gasteiger partial charge in [0, 0.05) is 10.6 Å². The minimum absolute atomic E-state index is 0.453. The highest BCUT2D eigenvalue weighted by Gasteiger charge is 2.01. The summed E-state index contributed by atoms with van der Waals surface area (Å²) in [6.45, 7) is 4.97. The van der Waals surface area contributed by atoms with Crippen molar-refractivity contribution in [2.24, 2.45) is 10.7 Å². The molecule has 0 unspecified atom stereocenters. The molecule has 1 aromatic heterocycles. The SMILES string of the molecule is CC(C)c1cccc(NC(N)=NCc2cccs2)c1. The van der Waals surface area contributed by atoms with Crippen molar-refractivity contribution in [2.75, 3.05) is 5.32 Å². The lowest BCUT2D eigenvalue weighted by Gasteiger charge is -2.09. The third kappa shape index (κ3) is 4.10. The topological polar surface area (TPSA) is 50.4 Å². The molecular formula is C15H19N3S. The Bertz CT molecular complexity index is 544. The minimum Gasteiger partial charge on any atom is -0.370 e. The summed E-state index contributed by atoms with van der Waals surface area (Å²) in [5.74, 6) is 0.959. The van der Waals surface area contributed by atoms with Gasteiger partial charge in [-0.05, 0) is 35.1 Å². The van der Waals surface area contributed by atoms with Crippen LogP contribution in [0.15, 0.2) is 46.8 Å². The van der Waals surface area contributed by atoms with Gasteiger partial charge in [-0.3, -0.25) is 0 Å². The molecule has 2 aromatic rings. The predicted molar refractivity (Wildman–Crippen MR) is 83.8 cm³/mol. The lowest BCUT2D eigenvalue weighted by molar-refractivity contribution is 0.867. The maximum Gasteiger partial charge on any atom is 0.193 e. The van der Waals surface area contributed by atoms with Crippen LogP contribution < -0.4 is 11.1 Å². The van der Waals surface area contributed by atoms with Gasteiger partial charge in [-0.2, -0.15) is 0 Å². The molecule has 0 fully saturated rings. The Kier molecular flexibility index (Phi) is 4.58. The molecule has 0 atom stereocenters. The quantitative estimate of drug-likeness (QED) is 0.657. The Morgan fingerprint density at radius 1 is 1.32 bits per heavy atom. The molecule has 0 aliphatic rings. The fraction of sp³-hybridized carbons (Fsp3) is 0.267. The van der Waals surface area contributed by atoms with E-state index in [0.29, 0.717) is 18.4 Å². The van der Waals surface area contributed by atoms with Crippen molar-refractivity contribution in [2.45, 2.75) is 26.3 Å². The van der Waals surface area contributed by atoms with Crippen LogP contribution in [0.4, 0.5) is 5.69 Å². The highest BCUT2D eigenvalue weighted by atomic mass is 32.1. The van der Waals surface area contributed by atoms with Crippen LogP contribution in [-0.2, 0) is 6.54 Å². The molecule has 0 spiro atoms. The molecular weight excluding hydrogens is 254 g/mol. The number of anilines is 1. The van der Waals surface area contributed by atoms with E-state index in [-0.39, 0.29) is 0 Å². The molecule has 0 aliphatic carbocycles. The maximum atomic E-state index is 5.89. The number of guanidine groups is 1. The number of aliphatic imine (C=N–C) groups is 1. The minimum atomic E-state index is 0.453. The lowest BCUT2D eigenvalue weighted by atomic mass is 10.0. The van der Waals surface area contributed by atoms with E-state index in [9.17, 15) is 0 Å². The molecule has 1 aromatic carbocycles. The Balaban J connectivity index is 2.00. The average molecular weight is 273 g/mol. The zero-order valence-electron chi connectivity index (χ0n) is 11.3. The second-order valence-electron chi connectivity index (χ2n) is 4.69. The molecule has 2 rings (SSSR count). The lowest BCUT2D eigenvalue weighted by Crippen LogP contribution is -2.22. The second-order valence-corrected chi connectivity index (χ2v) is 5.72. The van der Waals surface area contributed by atoms with Gasteiger partial charge < -0.3 is 11.1 Å². The van der Waals surface area contributed by atoms with E-state index < -0.39 is 0 Å². The van der Waals surface area contributed by atoms with Crippen LogP contribution in [0.25, 0.3) is 0 Å². The number of thiophene rings is 1. The van der Waals surface area contributed by atoms with Crippen molar-refractivity contribution < 1.29 is 0 Å². The number of benzene rings is 1. The zero-order valence-corrected chi connectivity index (χ0v) is 12.1. The number of nitrogens with one attached hydrogen (secondary N) is 1. The Morgan fingerprint density at radius 3 is 2.84 bits per heavy atom. The molecule has 0 bridgehead atoms. The summed E-state index contributed by atoms with van der Waals surface area (Å²) in [5, 5.41) is 5.17. The van der Waals surface area contributed by atoms with E-state index >= 15 is 0 Å². The van der Waals surface area contributed by atoms with Crippen molar-refractivity contribution in [3.8, 4) is 0 Å². The summed E-state index contributed by atoms with van der Waals surface area (Å²) in [7, 11) is 0. The molecule has 4 heteroatoms.